The van der Waals surface area contributed by atoms with E-state index < -0.39 is 12.6 Å². The van der Waals surface area contributed by atoms with Gasteiger partial charge in [-0.1, -0.05) is 85.9 Å². The van der Waals surface area contributed by atoms with Crippen LogP contribution in [0.1, 0.15) is 11.1 Å². The Morgan fingerprint density at radius 2 is 1.60 bits per heavy atom. The first-order chi connectivity index (χ1) is 14.5. The van der Waals surface area contributed by atoms with Crippen molar-refractivity contribution in [2.45, 2.75) is 4.90 Å². The van der Waals surface area contributed by atoms with Crippen molar-refractivity contribution in [2.75, 3.05) is 12.4 Å². The number of rotatable bonds is 8. The molecule has 0 fully saturated rings. The Hall–Kier alpha value is -1.73. The molecule has 154 valence electrons. The van der Waals surface area contributed by atoms with Gasteiger partial charge in [-0.3, -0.25) is 0 Å². The van der Waals surface area contributed by atoms with E-state index in [4.69, 9.17) is 21.4 Å². The molecule has 0 unspecified atom stereocenters. The van der Waals surface area contributed by atoms with Crippen LogP contribution >= 0.6 is 55.2 Å². The van der Waals surface area contributed by atoms with Gasteiger partial charge in [0.05, 0.1) is 5.02 Å². The summed E-state index contributed by atoms with van der Waals surface area (Å²) in [5, 5.41) is 9.12. The predicted octanol–water partition coefficient (Wildman–Crippen LogP) is 7.55. The fourth-order valence-corrected chi connectivity index (χ4v) is 4.88. The quantitative estimate of drug-likeness (QED) is 0.285. The second-order valence-corrected chi connectivity index (χ2v) is 9.37. The Bertz CT molecular complexity index is 1040. The molecular formula is C23H17Br2ClO3S. The molecule has 3 aromatic rings. The SMILES string of the molecule is O=C(O)COc1ccc(SCC=C(c2ccccc2Br)c2ccccc2Br)cc1Cl. The van der Waals surface area contributed by atoms with Crippen molar-refractivity contribution in [2.24, 2.45) is 0 Å². The first-order valence-corrected chi connectivity index (χ1v) is 11.9. The molecule has 0 saturated carbocycles. The standard InChI is InChI=1S/C23H17Br2ClO3S/c24-19-7-3-1-5-17(19)16(18-6-2-4-8-20(18)25)11-12-30-15-9-10-22(21(26)13-15)29-14-23(27)28/h1-11,13H,12,14H2,(H,27,28). The number of carboxylic acid groups (broad SMARTS) is 1. The molecule has 0 bridgehead atoms. The van der Waals surface area contributed by atoms with Gasteiger partial charge in [-0.2, -0.15) is 0 Å². The van der Waals surface area contributed by atoms with E-state index in [2.05, 4.69) is 50.1 Å². The number of benzene rings is 3. The monoisotopic (exact) mass is 566 g/mol. The smallest absolute Gasteiger partial charge is 0.341 e. The van der Waals surface area contributed by atoms with Gasteiger partial charge in [0.25, 0.3) is 0 Å². The fraction of sp³-hybridized carbons (Fsp3) is 0.0870. The van der Waals surface area contributed by atoms with Crippen LogP contribution in [-0.2, 0) is 4.79 Å². The normalized spacial score (nSPS) is 10.5. The van der Waals surface area contributed by atoms with Crippen LogP contribution in [0.5, 0.6) is 5.75 Å². The average Bonchev–Trinajstić information content (AvgIpc) is 2.72. The van der Waals surface area contributed by atoms with Crippen molar-refractivity contribution in [1.82, 2.24) is 0 Å². The van der Waals surface area contributed by atoms with Gasteiger partial charge in [0.1, 0.15) is 5.75 Å². The molecule has 0 spiro atoms. The lowest BCUT2D eigenvalue weighted by Crippen LogP contribution is -2.09. The summed E-state index contributed by atoms with van der Waals surface area (Å²) >= 11 is 15.2. The lowest BCUT2D eigenvalue weighted by Gasteiger charge is -2.13. The molecule has 0 aliphatic heterocycles. The van der Waals surface area contributed by atoms with Gasteiger partial charge in [-0.25, -0.2) is 4.79 Å². The number of carbonyl (C=O) groups is 1. The molecule has 0 aliphatic rings. The minimum Gasteiger partial charge on any atom is -0.480 e. The van der Waals surface area contributed by atoms with E-state index in [1.54, 1.807) is 23.9 Å². The number of hydrogen-bond donors (Lipinski definition) is 1. The Kier molecular flexibility index (Phi) is 8.45. The highest BCUT2D eigenvalue weighted by Gasteiger charge is 2.11. The van der Waals surface area contributed by atoms with Crippen molar-refractivity contribution in [3.8, 4) is 5.75 Å². The van der Waals surface area contributed by atoms with Gasteiger partial charge in [0.15, 0.2) is 6.61 Å². The number of ether oxygens (including phenoxy) is 1. The number of carboxylic acids is 1. The highest BCUT2D eigenvalue weighted by molar-refractivity contribution is 9.10. The summed E-state index contributed by atoms with van der Waals surface area (Å²) in [5.41, 5.74) is 3.34. The second-order valence-electron chi connectivity index (χ2n) is 6.16. The summed E-state index contributed by atoms with van der Waals surface area (Å²) in [4.78, 5) is 11.6. The Balaban J connectivity index is 1.82. The van der Waals surface area contributed by atoms with Crippen LogP contribution in [0.4, 0.5) is 0 Å². The Labute approximate surface area is 201 Å². The third kappa shape index (κ3) is 6.14. The highest BCUT2D eigenvalue weighted by Crippen LogP contribution is 2.35. The maximum Gasteiger partial charge on any atom is 0.341 e. The molecule has 3 rings (SSSR count). The maximum atomic E-state index is 10.7. The molecule has 0 aromatic heterocycles. The first-order valence-electron chi connectivity index (χ1n) is 8.92. The predicted molar refractivity (Wildman–Crippen MR) is 131 cm³/mol. The van der Waals surface area contributed by atoms with Gasteiger partial charge in [-0.15, -0.1) is 11.8 Å². The summed E-state index contributed by atoms with van der Waals surface area (Å²) in [6, 6.07) is 21.6. The van der Waals surface area contributed by atoms with Gasteiger partial charge in [0.2, 0.25) is 0 Å². The van der Waals surface area contributed by atoms with Crippen molar-refractivity contribution in [3.63, 3.8) is 0 Å². The molecule has 30 heavy (non-hydrogen) atoms. The summed E-state index contributed by atoms with van der Waals surface area (Å²) in [7, 11) is 0. The number of hydrogen-bond acceptors (Lipinski definition) is 3. The van der Waals surface area contributed by atoms with Crippen molar-refractivity contribution in [3.05, 3.63) is 97.9 Å². The van der Waals surface area contributed by atoms with E-state index in [9.17, 15) is 4.79 Å². The van der Waals surface area contributed by atoms with Crippen LogP contribution in [0.25, 0.3) is 5.57 Å². The molecule has 0 amide bonds. The summed E-state index contributed by atoms with van der Waals surface area (Å²) in [6.45, 7) is -0.420. The summed E-state index contributed by atoms with van der Waals surface area (Å²) in [5.74, 6) is 0.0475. The molecular weight excluding hydrogens is 552 g/mol. The topological polar surface area (TPSA) is 46.5 Å². The zero-order valence-corrected chi connectivity index (χ0v) is 20.4. The molecule has 3 nitrogen and oxygen atoms in total. The summed E-state index contributed by atoms with van der Waals surface area (Å²) in [6.07, 6.45) is 2.19. The minimum atomic E-state index is -1.04. The van der Waals surface area contributed by atoms with E-state index in [-0.39, 0.29) is 0 Å². The Morgan fingerprint density at radius 1 is 1.00 bits per heavy atom. The van der Waals surface area contributed by atoms with E-state index in [1.807, 2.05) is 42.5 Å². The number of halogens is 3. The van der Waals surface area contributed by atoms with Crippen LogP contribution in [0, 0.1) is 0 Å². The zero-order chi connectivity index (χ0) is 21.5. The van der Waals surface area contributed by atoms with E-state index >= 15 is 0 Å². The molecule has 3 aromatic carbocycles. The molecule has 0 radical (unpaired) electrons. The first kappa shape index (κ1) is 22.9. The van der Waals surface area contributed by atoms with Crippen LogP contribution in [-0.4, -0.2) is 23.4 Å². The van der Waals surface area contributed by atoms with Crippen molar-refractivity contribution in [1.29, 1.82) is 0 Å². The van der Waals surface area contributed by atoms with E-state index in [0.29, 0.717) is 10.8 Å². The van der Waals surface area contributed by atoms with Gasteiger partial charge in [-0.05, 0) is 47.0 Å². The Morgan fingerprint density at radius 3 is 2.13 bits per heavy atom. The van der Waals surface area contributed by atoms with Crippen LogP contribution in [0.3, 0.4) is 0 Å². The van der Waals surface area contributed by atoms with Crippen molar-refractivity contribution >= 4 is 66.8 Å². The second kappa shape index (κ2) is 11.0. The van der Waals surface area contributed by atoms with Crippen LogP contribution in [0.2, 0.25) is 5.02 Å². The van der Waals surface area contributed by atoms with Crippen LogP contribution in [0.15, 0.2) is 86.6 Å². The number of aliphatic carboxylic acids is 1. The van der Waals surface area contributed by atoms with Crippen LogP contribution < -0.4 is 4.74 Å². The molecule has 1 N–H and O–H groups in total. The van der Waals surface area contributed by atoms with Crippen molar-refractivity contribution < 1.29 is 14.6 Å². The zero-order valence-electron chi connectivity index (χ0n) is 15.6. The molecule has 0 atom stereocenters. The largest absolute Gasteiger partial charge is 0.480 e. The lowest BCUT2D eigenvalue weighted by molar-refractivity contribution is -0.139. The molecule has 0 heterocycles. The maximum absolute atomic E-state index is 10.7. The minimum absolute atomic E-state index is 0.362. The van der Waals surface area contributed by atoms with Gasteiger partial charge < -0.3 is 9.84 Å². The third-order valence-electron chi connectivity index (χ3n) is 4.12. The highest BCUT2D eigenvalue weighted by atomic mass is 79.9. The van der Waals surface area contributed by atoms with E-state index in [1.165, 1.54) is 0 Å². The van der Waals surface area contributed by atoms with Gasteiger partial charge in [0, 0.05) is 19.6 Å². The van der Waals surface area contributed by atoms with Gasteiger partial charge >= 0.3 is 5.97 Å². The van der Waals surface area contributed by atoms with E-state index in [0.717, 1.165) is 36.3 Å². The molecule has 7 heteroatoms. The average molecular weight is 569 g/mol. The number of thioether (sulfide) groups is 1. The summed E-state index contributed by atoms with van der Waals surface area (Å²) < 4.78 is 7.23. The third-order valence-corrected chi connectivity index (χ3v) is 6.72. The lowest BCUT2D eigenvalue weighted by atomic mass is 9.98. The molecule has 0 saturated heterocycles. The molecule has 0 aliphatic carbocycles. The fourth-order valence-electron chi connectivity index (χ4n) is 2.77.